The van der Waals surface area contributed by atoms with Gasteiger partial charge < -0.3 is 5.32 Å². The number of carbonyl (C=O) groups is 1. The number of nitrogens with one attached hydrogen (secondary N) is 1. The van der Waals surface area contributed by atoms with E-state index in [1.165, 1.54) is 25.1 Å². The van der Waals surface area contributed by atoms with E-state index >= 15 is 0 Å². The van der Waals surface area contributed by atoms with E-state index in [1.807, 2.05) is 30.3 Å². The van der Waals surface area contributed by atoms with E-state index in [0.717, 1.165) is 5.56 Å². The fourth-order valence-corrected chi connectivity index (χ4v) is 3.57. The van der Waals surface area contributed by atoms with Crippen molar-refractivity contribution in [2.75, 3.05) is 6.54 Å². The maximum absolute atomic E-state index is 13.6. The minimum Gasteiger partial charge on any atom is -0.355 e. The van der Waals surface area contributed by atoms with Gasteiger partial charge in [-0.1, -0.05) is 48.5 Å². The van der Waals surface area contributed by atoms with E-state index in [0.29, 0.717) is 13.0 Å². The first-order chi connectivity index (χ1) is 11.4. The topological polar surface area (TPSA) is 63.2 Å². The molecule has 1 N–H and O–H groups in total. The Morgan fingerprint density at radius 1 is 1.08 bits per heavy atom. The van der Waals surface area contributed by atoms with Gasteiger partial charge in [0.2, 0.25) is 5.91 Å². The summed E-state index contributed by atoms with van der Waals surface area (Å²) in [7, 11) is -3.78. The Hall–Kier alpha value is -2.21. The molecule has 128 valence electrons. The van der Waals surface area contributed by atoms with Crippen LogP contribution in [0.2, 0.25) is 0 Å². The van der Waals surface area contributed by atoms with Crippen LogP contribution in [0.4, 0.5) is 4.39 Å². The standard InChI is InChI=1S/C18H20FNO3S/c1-14(18(21)20-12-11-15-7-3-2-4-8-15)24(22,23)13-16-9-5-6-10-17(16)19/h2-10,14H,11-13H2,1H3,(H,20,21). The van der Waals surface area contributed by atoms with Crippen molar-refractivity contribution in [3.8, 4) is 0 Å². The van der Waals surface area contributed by atoms with Crippen LogP contribution in [0, 0.1) is 5.82 Å². The Bertz CT molecular complexity index is 791. The summed E-state index contributed by atoms with van der Waals surface area (Å²) >= 11 is 0. The van der Waals surface area contributed by atoms with Crippen LogP contribution in [0.25, 0.3) is 0 Å². The van der Waals surface area contributed by atoms with Crippen molar-refractivity contribution in [3.63, 3.8) is 0 Å². The number of hydrogen-bond donors (Lipinski definition) is 1. The van der Waals surface area contributed by atoms with Crippen LogP contribution in [0.5, 0.6) is 0 Å². The highest BCUT2D eigenvalue weighted by Crippen LogP contribution is 2.14. The van der Waals surface area contributed by atoms with Crippen molar-refractivity contribution < 1.29 is 17.6 Å². The van der Waals surface area contributed by atoms with Crippen molar-refractivity contribution in [1.29, 1.82) is 0 Å². The van der Waals surface area contributed by atoms with E-state index in [1.54, 1.807) is 6.07 Å². The molecule has 1 atom stereocenters. The summed E-state index contributed by atoms with van der Waals surface area (Å²) in [4.78, 5) is 12.1. The molecule has 0 heterocycles. The number of rotatable bonds is 7. The number of carbonyl (C=O) groups excluding carboxylic acids is 1. The molecule has 6 heteroatoms. The van der Waals surface area contributed by atoms with Gasteiger partial charge in [-0.2, -0.15) is 0 Å². The van der Waals surface area contributed by atoms with E-state index < -0.39 is 32.6 Å². The first-order valence-electron chi connectivity index (χ1n) is 7.67. The third kappa shape index (κ3) is 4.89. The molecule has 1 amide bonds. The second-order valence-electron chi connectivity index (χ2n) is 5.57. The second kappa shape index (κ2) is 8.06. The highest BCUT2D eigenvalue weighted by atomic mass is 32.2. The van der Waals surface area contributed by atoms with E-state index in [-0.39, 0.29) is 5.56 Å². The summed E-state index contributed by atoms with van der Waals surface area (Å²) in [6.07, 6.45) is 0.618. The molecule has 1 unspecified atom stereocenters. The van der Waals surface area contributed by atoms with Gasteiger partial charge in [0.15, 0.2) is 9.84 Å². The molecule has 2 aromatic carbocycles. The molecule has 0 saturated heterocycles. The zero-order valence-corrected chi connectivity index (χ0v) is 14.2. The van der Waals surface area contributed by atoms with Gasteiger partial charge in [-0.15, -0.1) is 0 Å². The monoisotopic (exact) mass is 349 g/mol. The highest BCUT2D eigenvalue weighted by molar-refractivity contribution is 7.92. The molecule has 24 heavy (non-hydrogen) atoms. The number of hydrogen-bond acceptors (Lipinski definition) is 3. The molecule has 0 saturated carbocycles. The molecule has 0 aliphatic rings. The second-order valence-corrected chi connectivity index (χ2v) is 7.89. The van der Waals surface area contributed by atoms with Crippen molar-refractivity contribution in [2.24, 2.45) is 0 Å². The third-order valence-electron chi connectivity index (χ3n) is 3.78. The summed E-state index contributed by atoms with van der Waals surface area (Å²) in [6, 6.07) is 15.2. The Kier molecular flexibility index (Phi) is 6.09. The summed E-state index contributed by atoms with van der Waals surface area (Å²) in [6.45, 7) is 1.68. The van der Waals surface area contributed by atoms with Gasteiger partial charge in [0.25, 0.3) is 0 Å². The molecule has 2 rings (SSSR count). The van der Waals surface area contributed by atoms with Crippen LogP contribution in [0.1, 0.15) is 18.1 Å². The lowest BCUT2D eigenvalue weighted by Crippen LogP contribution is -2.39. The zero-order chi connectivity index (χ0) is 17.6. The first-order valence-corrected chi connectivity index (χ1v) is 9.38. The quantitative estimate of drug-likeness (QED) is 0.835. The fraction of sp³-hybridized carbons (Fsp3) is 0.278. The predicted octanol–water partition coefficient (Wildman–Crippen LogP) is 2.49. The normalized spacial score (nSPS) is 12.6. The largest absolute Gasteiger partial charge is 0.355 e. The lowest BCUT2D eigenvalue weighted by molar-refractivity contribution is -0.120. The molecule has 2 aromatic rings. The summed E-state index contributed by atoms with van der Waals surface area (Å²) in [5, 5.41) is 1.40. The lowest BCUT2D eigenvalue weighted by Gasteiger charge is -2.14. The SMILES string of the molecule is CC(C(=O)NCCc1ccccc1)S(=O)(=O)Cc1ccccc1F. The molecule has 0 spiro atoms. The van der Waals surface area contributed by atoms with Gasteiger partial charge in [-0.25, -0.2) is 12.8 Å². The average Bonchev–Trinajstić information content (AvgIpc) is 2.57. The van der Waals surface area contributed by atoms with E-state index in [2.05, 4.69) is 5.32 Å². The van der Waals surface area contributed by atoms with Gasteiger partial charge in [0.1, 0.15) is 11.1 Å². The Morgan fingerprint density at radius 3 is 2.38 bits per heavy atom. The molecular weight excluding hydrogens is 329 g/mol. The Morgan fingerprint density at radius 2 is 1.71 bits per heavy atom. The van der Waals surface area contributed by atoms with Gasteiger partial charge in [-0.3, -0.25) is 4.79 Å². The van der Waals surface area contributed by atoms with Crippen LogP contribution in [0.3, 0.4) is 0 Å². The van der Waals surface area contributed by atoms with Crippen LogP contribution < -0.4 is 5.32 Å². The minimum absolute atomic E-state index is 0.0708. The number of halogens is 1. The number of amides is 1. The van der Waals surface area contributed by atoms with Gasteiger partial charge in [0.05, 0.1) is 5.75 Å². The van der Waals surface area contributed by atoms with Gasteiger partial charge in [-0.05, 0) is 25.0 Å². The molecule has 0 aromatic heterocycles. The first kappa shape index (κ1) is 18.1. The smallest absolute Gasteiger partial charge is 0.238 e. The molecule has 0 bridgehead atoms. The predicted molar refractivity (Wildman–Crippen MR) is 91.6 cm³/mol. The fourth-order valence-electron chi connectivity index (χ4n) is 2.24. The van der Waals surface area contributed by atoms with Crippen molar-refractivity contribution in [2.45, 2.75) is 24.3 Å². The number of sulfone groups is 1. The van der Waals surface area contributed by atoms with Crippen LogP contribution in [0.15, 0.2) is 54.6 Å². The van der Waals surface area contributed by atoms with Gasteiger partial charge in [0, 0.05) is 12.1 Å². The van der Waals surface area contributed by atoms with Crippen LogP contribution in [-0.2, 0) is 26.8 Å². The van der Waals surface area contributed by atoms with Crippen molar-refractivity contribution in [1.82, 2.24) is 5.32 Å². The van der Waals surface area contributed by atoms with Crippen molar-refractivity contribution in [3.05, 3.63) is 71.5 Å². The molecule has 0 fully saturated rings. The maximum atomic E-state index is 13.6. The van der Waals surface area contributed by atoms with E-state index in [4.69, 9.17) is 0 Å². The third-order valence-corrected chi connectivity index (χ3v) is 5.78. The van der Waals surface area contributed by atoms with Gasteiger partial charge >= 0.3 is 0 Å². The lowest BCUT2D eigenvalue weighted by atomic mass is 10.1. The molecule has 0 radical (unpaired) electrons. The zero-order valence-electron chi connectivity index (χ0n) is 13.4. The minimum atomic E-state index is -3.78. The molecule has 0 aliphatic carbocycles. The number of benzene rings is 2. The molecular formula is C18H20FNO3S. The molecule has 4 nitrogen and oxygen atoms in total. The highest BCUT2D eigenvalue weighted by Gasteiger charge is 2.28. The summed E-state index contributed by atoms with van der Waals surface area (Å²) < 4.78 is 38.2. The van der Waals surface area contributed by atoms with Crippen molar-refractivity contribution >= 4 is 15.7 Å². The average molecular weight is 349 g/mol. The van der Waals surface area contributed by atoms with E-state index in [9.17, 15) is 17.6 Å². The Balaban J connectivity index is 1.92. The van der Waals surface area contributed by atoms with Crippen LogP contribution in [-0.4, -0.2) is 26.1 Å². The van der Waals surface area contributed by atoms with Crippen LogP contribution >= 0.6 is 0 Å². The summed E-state index contributed by atoms with van der Waals surface area (Å²) in [5.41, 5.74) is 1.13. The maximum Gasteiger partial charge on any atom is 0.238 e. The summed E-state index contributed by atoms with van der Waals surface area (Å²) in [5.74, 6) is -1.65. The Labute approximate surface area is 141 Å². The molecule has 0 aliphatic heterocycles.